The third kappa shape index (κ3) is 3.61. The number of nitrogens with zero attached hydrogens (tertiary/aromatic N) is 1. The highest BCUT2D eigenvalue weighted by molar-refractivity contribution is 5.95. The fourth-order valence-corrected chi connectivity index (χ4v) is 2.21. The highest BCUT2D eigenvalue weighted by Crippen LogP contribution is 2.20. The minimum absolute atomic E-state index is 0.348. The van der Waals surface area contributed by atoms with Crippen LogP contribution in [0.2, 0.25) is 0 Å². The number of methoxy groups -OCH3 is 1. The van der Waals surface area contributed by atoms with Gasteiger partial charge in [0.25, 0.3) is 0 Å². The molecule has 5 heteroatoms. The summed E-state index contributed by atoms with van der Waals surface area (Å²) in [6, 6.07) is 5.06. The Labute approximate surface area is 113 Å². The van der Waals surface area contributed by atoms with Crippen LogP contribution in [0.3, 0.4) is 0 Å². The zero-order valence-corrected chi connectivity index (χ0v) is 11.2. The molecule has 1 aliphatic heterocycles. The average Bonchev–Trinajstić information content (AvgIpc) is 2.93. The summed E-state index contributed by atoms with van der Waals surface area (Å²) in [6.45, 7) is 3.83. The number of benzene rings is 1. The predicted molar refractivity (Wildman–Crippen MR) is 73.4 cm³/mol. The number of esters is 1. The molecule has 2 rings (SSSR count). The Morgan fingerprint density at radius 3 is 2.79 bits per heavy atom. The maximum Gasteiger partial charge on any atom is 0.340 e. The zero-order chi connectivity index (χ0) is 13.7. The second-order valence-electron chi connectivity index (χ2n) is 4.64. The van der Waals surface area contributed by atoms with Gasteiger partial charge in [-0.15, -0.1) is 0 Å². The van der Waals surface area contributed by atoms with Crippen molar-refractivity contribution >= 4 is 11.7 Å². The summed E-state index contributed by atoms with van der Waals surface area (Å²) >= 11 is 0. The number of likely N-dealkylation sites (tertiary alicyclic amines) is 1. The molecule has 5 nitrogen and oxygen atoms in total. The van der Waals surface area contributed by atoms with E-state index in [1.807, 2.05) is 0 Å². The molecule has 1 fully saturated rings. The number of rotatable bonds is 5. The maximum atomic E-state index is 11.5. The summed E-state index contributed by atoms with van der Waals surface area (Å²) in [7, 11) is 1.34. The van der Waals surface area contributed by atoms with Crippen LogP contribution >= 0.6 is 0 Å². The van der Waals surface area contributed by atoms with Crippen LogP contribution in [0.5, 0.6) is 5.75 Å². The molecular weight excluding hydrogens is 244 g/mol. The number of hydrogen-bond donors (Lipinski definition) is 1. The lowest BCUT2D eigenvalue weighted by molar-refractivity contribution is 0.0601. The molecule has 1 aromatic rings. The van der Waals surface area contributed by atoms with Crippen LogP contribution in [0, 0.1) is 0 Å². The molecule has 104 valence electrons. The fraction of sp³-hybridized carbons (Fsp3) is 0.500. The van der Waals surface area contributed by atoms with Crippen LogP contribution in [-0.2, 0) is 4.74 Å². The number of ether oxygens (including phenoxy) is 2. The van der Waals surface area contributed by atoms with E-state index in [0.717, 1.165) is 19.6 Å². The van der Waals surface area contributed by atoms with Crippen LogP contribution < -0.4 is 10.5 Å². The molecule has 2 N–H and O–H groups in total. The zero-order valence-electron chi connectivity index (χ0n) is 11.2. The van der Waals surface area contributed by atoms with Gasteiger partial charge in [-0.2, -0.15) is 0 Å². The average molecular weight is 264 g/mol. The highest BCUT2D eigenvalue weighted by Gasteiger charge is 2.13. The van der Waals surface area contributed by atoms with Crippen LogP contribution in [0.4, 0.5) is 5.69 Å². The third-order valence-electron chi connectivity index (χ3n) is 3.30. The normalized spacial score (nSPS) is 15.4. The van der Waals surface area contributed by atoms with Crippen molar-refractivity contribution < 1.29 is 14.3 Å². The van der Waals surface area contributed by atoms with E-state index in [2.05, 4.69) is 9.64 Å². The van der Waals surface area contributed by atoms with Gasteiger partial charge in [0.1, 0.15) is 12.4 Å². The largest absolute Gasteiger partial charge is 0.492 e. The fourth-order valence-electron chi connectivity index (χ4n) is 2.21. The van der Waals surface area contributed by atoms with Crippen LogP contribution in [0.15, 0.2) is 18.2 Å². The summed E-state index contributed by atoms with van der Waals surface area (Å²) in [5.74, 6) is 0.205. The summed E-state index contributed by atoms with van der Waals surface area (Å²) < 4.78 is 10.3. The number of anilines is 1. The molecule has 0 aromatic heterocycles. The van der Waals surface area contributed by atoms with Gasteiger partial charge in [0.05, 0.1) is 12.7 Å². The smallest absolute Gasteiger partial charge is 0.340 e. The van der Waals surface area contributed by atoms with Crippen molar-refractivity contribution in [1.82, 2.24) is 4.90 Å². The lowest BCUT2D eigenvalue weighted by Gasteiger charge is -2.15. The van der Waals surface area contributed by atoms with Crippen molar-refractivity contribution in [3.63, 3.8) is 0 Å². The van der Waals surface area contributed by atoms with Gasteiger partial charge >= 0.3 is 5.97 Å². The SMILES string of the molecule is COC(=O)c1cc(OCCN2CCCC2)ccc1N. The molecule has 1 aromatic carbocycles. The Bertz CT molecular complexity index is 442. The highest BCUT2D eigenvalue weighted by atomic mass is 16.5. The summed E-state index contributed by atoms with van der Waals surface area (Å²) in [5, 5.41) is 0. The monoisotopic (exact) mass is 264 g/mol. The standard InChI is InChI=1S/C14H20N2O3/c1-18-14(17)12-10-11(4-5-13(12)15)19-9-8-16-6-2-3-7-16/h4-5,10H,2-3,6-9,15H2,1H3. The number of carbonyl (C=O) groups excluding carboxylic acids is 1. The van der Waals surface area contributed by atoms with Gasteiger partial charge in [-0.25, -0.2) is 4.79 Å². The van der Waals surface area contributed by atoms with Gasteiger partial charge < -0.3 is 15.2 Å². The Morgan fingerprint density at radius 1 is 1.37 bits per heavy atom. The van der Waals surface area contributed by atoms with Crippen LogP contribution in [0.1, 0.15) is 23.2 Å². The quantitative estimate of drug-likeness (QED) is 0.645. The molecule has 1 heterocycles. The van der Waals surface area contributed by atoms with Crippen molar-refractivity contribution in [1.29, 1.82) is 0 Å². The van der Waals surface area contributed by atoms with Crippen molar-refractivity contribution in [3.8, 4) is 5.75 Å². The first kappa shape index (κ1) is 13.7. The first-order chi connectivity index (χ1) is 9.20. The Hall–Kier alpha value is -1.75. The van der Waals surface area contributed by atoms with Crippen molar-refractivity contribution in [2.45, 2.75) is 12.8 Å². The van der Waals surface area contributed by atoms with Crippen LogP contribution in [0.25, 0.3) is 0 Å². The Kier molecular flexibility index (Phi) is 4.63. The number of carbonyl (C=O) groups is 1. The van der Waals surface area contributed by atoms with Gasteiger partial charge in [-0.05, 0) is 44.1 Å². The lowest BCUT2D eigenvalue weighted by Crippen LogP contribution is -2.25. The van der Waals surface area contributed by atoms with E-state index in [4.69, 9.17) is 10.5 Å². The van der Waals surface area contributed by atoms with E-state index < -0.39 is 5.97 Å². The van der Waals surface area contributed by atoms with E-state index in [1.165, 1.54) is 20.0 Å². The predicted octanol–water partition coefficient (Wildman–Crippen LogP) is 1.53. The molecule has 0 radical (unpaired) electrons. The van der Waals surface area contributed by atoms with Gasteiger partial charge in [-0.3, -0.25) is 4.90 Å². The molecule has 0 spiro atoms. The molecule has 1 aliphatic rings. The maximum absolute atomic E-state index is 11.5. The Morgan fingerprint density at radius 2 is 2.11 bits per heavy atom. The van der Waals surface area contributed by atoms with E-state index >= 15 is 0 Å². The lowest BCUT2D eigenvalue weighted by atomic mass is 10.2. The minimum atomic E-state index is -0.442. The topological polar surface area (TPSA) is 64.8 Å². The van der Waals surface area contributed by atoms with Crippen molar-refractivity contribution in [3.05, 3.63) is 23.8 Å². The van der Waals surface area contributed by atoms with Gasteiger partial charge in [0, 0.05) is 12.2 Å². The minimum Gasteiger partial charge on any atom is -0.492 e. The first-order valence-corrected chi connectivity index (χ1v) is 6.53. The van der Waals surface area contributed by atoms with E-state index in [9.17, 15) is 4.79 Å². The summed E-state index contributed by atoms with van der Waals surface area (Å²) in [5.41, 5.74) is 6.48. The summed E-state index contributed by atoms with van der Waals surface area (Å²) in [6.07, 6.45) is 2.54. The second kappa shape index (κ2) is 6.43. The molecule has 0 bridgehead atoms. The molecule has 0 aliphatic carbocycles. The van der Waals surface area contributed by atoms with Crippen LogP contribution in [-0.4, -0.2) is 44.2 Å². The number of nitrogen functional groups attached to an aromatic ring is 1. The van der Waals surface area contributed by atoms with Gasteiger partial charge in [-0.1, -0.05) is 0 Å². The van der Waals surface area contributed by atoms with E-state index in [0.29, 0.717) is 23.6 Å². The molecule has 1 saturated heterocycles. The molecule has 19 heavy (non-hydrogen) atoms. The van der Waals surface area contributed by atoms with E-state index in [1.54, 1.807) is 18.2 Å². The molecule has 0 unspecified atom stereocenters. The number of nitrogens with two attached hydrogens (primary N) is 1. The second-order valence-corrected chi connectivity index (χ2v) is 4.64. The number of hydrogen-bond acceptors (Lipinski definition) is 5. The molecular formula is C14H20N2O3. The van der Waals surface area contributed by atoms with Gasteiger partial charge in [0.15, 0.2) is 0 Å². The molecule has 0 atom stereocenters. The molecule has 0 saturated carbocycles. The van der Waals surface area contributed by atoms with Crippen molar-refractivity contribution in [2.75, 3.05) is 39.1 Å². The van der Waals surface area contributed by atoms with E-state index in [-0.39, 0.29) is 0 Å². The van der Waals surface area contributed by atoms with Crippen molar-refractivity contribution in [2.24, 2.45) is 0 Å². The third-order valence-corrected chi connectivity index (χ3v) is 3.30. The molecule has 0 amide bonds. The Balaban J connectivity index is 1.91. The summed E-state index contributed by atoms with van der Waals surface area (Å²) in [4.78, 5) is 13.9. The van der Waals surface area contributed by atoms with Gasteiger partial charge in [0.2, 0.25) is 0 Å². The first-order valence-electron chi connectivity index (χ1n) is 6.53.